The lowest BCUT2D eigenvalue weighted by molar-refractivity contribution is -0.161. The zero-order chi connectivity index (χ0) is 18.9. The monoisotopic (exact) mass is 353 g/mol. The minimum Gasteiger partial charge on any atom is -0.468 e. The van der Waals surface area contributed by atoms with Crippen LogP contribution in [-0.2, 0) is 19.1 Å². The molecule has 0 N–H and O–H groups in total. The zero-order valence-electron chi connectivity index (χ0n) is 14.0. The van der Waals surface area contributed by atoms with Crippen LogP contribution in [0.2, 0.25) is 0 Å². The van der Waals surface area contributed by atoms with Crippen molar-refractivity contribution in [3.63, 3.8) is 0 Å². The highest BCUT2D eigenvalue weighted by Crippen LogP contribution is 2.37. The number of ketones is 3. The van der Waals surface area contributed by atoms with Crippen LogP contribution < -0.4 is 0 Å². The van der Waals surface area contributed by atoms with Crippen LogP contribution in [0.25, 0.3) is 0 Å². The van der Waals surface area contributed by atoms with E-state index in [4.69, 9.17) is 0 Å². The van der Waals surface area contributed by atoms with Crippen molar-refractivity contribution in [2.45, 2.75) is 33.1 Å². The van der Waals surface area contributed by atoms with Crippen LogP contribution in [0.1, 0.15) is 47.9 Å². The summed E-state index contributed by atoms with van der Waals surface area (Å²) in [6.45, 7) is 2.68. The van der Waals surface area contributed by atoms with Crippen LogP contribution in [0.15, 0.2) is 12.1 Å². The average molecular weight is 353 g/mol. The zero-order valence-corrected chi connectivity index (χ0v) is 14.0. The molecule has 0 bridgehead atoms. The first-order valence-electron chi connectivity index (χ1n) is 7.59. The number of alkyl halides is 2. The molecule has 1 fully saturated rings. The average Bonchev–Trinajstić information content (AvgIpc) is 2.57. The number of Topliss-reactive ketones (excluding diaryl/α,β-unsaturated/α-hetero) is 3. The van der Waals surface area contributed by atoms with Crippen molar-refractivity contribution < 1.29 is 32.7 Å². The van der Waals surface area contributed by atoms with Gasteiger partial charge in [0.15, 0.2) is 17.3 Å². The Bertz CT molecular complexity index is 761. The Morgan fingerprint density at radius 3 is 2.48 bits per heavy atom. The standard InChI is InChI=1S/C17H17F2NO5/c1-8-9(4-5-10(20-8)15(18)19)13(22)12-11(21)6-7-17(2,14(12)23)16(24)25-3/h4-5,12,15H,6-7H2,1-3H3. The smallest absolute Gasteiger partial charge is 0.319 e. The fourth-order valence-corrected chi connectivity index (χ4v) is 2.92. The summed E-state index contributed by atoms with van der Waals surface area (Å²) in [6, 6.07) is 2.10. The van der Waals surface area contributed by atoms with Gasteiger partial charge in [-0.05, 0) is 32.4 Å². The molecule has 1 aliphatic carbocycles. The topological polar surface area (TPSA) is 90.4 Å². The number of ether oxygens (including phenoxy) is 1. The molecule has 25 heavy (non-hydrogen) atoms. The third kappa shape index (κ3) is 3.20. The Morgan fingerprint density at radius 1 is 1.32 bits per heavy atom. The number of aromatic nitrogens is 1. The molecule has 0 aliphatic heterocycles. The summed E-state index contributed by atoms with van der Waals surface area (Å²) in [6.07, 6.45) is -2.97. The van der Waals surface area contributed by atoms with E-state index in [-0.39, 0.29) is 24.1 Å². The van der Waals surface area contributed by atoms with Crippen LogP contribution in [0.5, 0.6) is 0 Å². The first kappa shape index (κ1) is 18.8. The molecule has 0 amide bonds. The predicted molar refractivity (Wildman–Crippen MR) is 81.1 cm³/mol. The highest BCUT2D eigenvalue weighted by molar-refractivity contribution is 6.29. The van der Waals surface area contributed by atoms with E-state index in [1.807, 2.05) is 0 Å². The molecule has 2 atom stereocenters. The third-order valence-electron chi connectivity index (χ3n) is 4.49. The first-order chi connectivity index (χ1) is 11.6. The minimum absolute atomic E-state index is 0.00579. The molecular formula is C17H17F2NO5. The summed E-state index contributed by atoms with van der Waals surface area (Å²) in [5.74, 6) is -4.75. The highest BCUT2D eigenvalue weighted by atomic mass is 19.3. The van der Waals surface area contributed by atoms with Crippen molar-refractivity contribution in [1.29, 1.82) is 0 Å². The molecule has 0 aromatic carbocycles. The molecule has 1 heterocycles. The van der Waals surface area contributed by atoms with Gasteiger partial charge < -0.3 is 4.74 Å². The van der Waals surface area contributed by atoms with Gasteiger partial charge in [-0.15, -0.1) is 0 Å². The molecule has 2 unspecified atom stereocenters. The van der Waals surface area contributed by atoms with E-state index in [0.717, 1.165) is 19.2 Å². The largest absolute Gasteiger partial charge is 0.468 e. The number of aryl methyl sites for hydroxylation is 1. The van der Waals surface area contributed by atoms with Crippen LogP contribution in [0.4, 0.5) is 8.78 Å². The van der Waals surface area contributed by atoms with Crippen molar-refractivity contribution in [3.8, 4) is 0 Å². The number of hydrogen-bond acceptors (Lipinski definition) is 6. The van der Waals surface area contributed by atoms with Gasteiger partial charge in [-0.25, -0.2) is 8.78 Å². The Kier molecular flexibility index (Phi) is 5.10. The molecule has 0 saturated heterocycles. The molecule has 134 valence electrons. The van der Waals surface area contributed by atoms with E-state index >= 15 is 0 Å². The van der Waals surface area contributed by atoms with Crippen LogP contribution in [0, 0.1) is 18.3 Å². The van der Waals surface area contributed by atoms with Gasteiger partial charge in [-0.2, -0.15) is 0 Å². The van der Waals surface area contributed by atoms with Crippen molar-refractivity contribution in [1.82, 2.24) is 4.98 Å². The number of nitrogens with zero attached hydrogens (tertiary/aromatic N) is 1. The maximum atomic E-state index is 12.7. The fourth-order valence-electron chi connectivity index (χ4n) is 2.92. The molecule has 0 radical (unpaired) electrons. The van der Waals surface area contributed by atoms with E-state index in [0.29, 0.717) is 0 Å². The number of carbonyl (C=O) groups excluding carboxylic acids is 4. The van der Waals surface area contributed by atoms with Crippen molar-refractivity contribution in [3.05, 3.63) is 29.1 Å². The van der Waals surface area contributed by atoms with Crippen molar-refractivity contribution >= 4 is 23.3 Å². The summed E-state index contributed by atoms with van der Waals surface area (Å²) >= 11 is 0. The maximum Gasteiger partial charge on any atom is 0.319 e. The van der Waals surface area contributed by atoms with Gasteiger partial charge in [0, 0.05) is 17.7 Å². The molecule has 1 aromatic rings. The highest BCUT2D eigenvalue weighted by Gasteiger charge is 2.53. The Labute approximate surface area is 142 Å². The second-order valence-corrected chi connectivity index (χ2v) is 6.12. The predicted octanol–water partition coefficient (Wildman–Crippen LogP) is 2.24. The fraction of sp³-hybridized carbons (Fsp3) is 0.471. The minimum atomic E-state index is -2.80. The van der Waals surface area contributed by atoms with E-state index in [9.17, 15) is 28.0 Å². The molecular weight excluding hydrogens is 336 g/mol. The normalized spacial score (nSPS) is 23.7. The summed E-state index contributed by atoms with van der Waals surface area (Å²) < 4.78 is 30.0. The van der Waals surface area contributed by atoms with Crippen molar-refractivity contribution in [2.75, 3.05) is 7.11 Å². The van der Waals surface area contributed by atoms with Crippen molar-refractivity contribution in [2.24, 2.45) is 11.3 Å². The number of pyridine rings is 1. The molecule has 1 aromatic heterocycles. The number of methoxy groups -OCH3 is 1. The lowest BCUT2D eigenvalue weighted by Gasteiger charge is -2.32. The van der Waals surface area contributed by atoms with E-state index in [1.54, 1.807) is 0 Å². The molecule has 2 rings (SSSR count). The second kappa shape index (κ2) is 6.78. The molecule has 1 saturated carbocycles. The molecule has 1 aliphatic rings. The van der Waals surface area contributed by atoms with Crippen LogP contribution in [-0.4, -0.2) is 35.4 Å². The number of esters is 1. The van der Waals surface area contributed by atoms with Gasteiger partial charge in [0.2, 0.25) is 0 Å². The van der Waals surface area contributed by atoms with Gasteiger partial charge in [0.25, 0.3) is 6.43 Å². The Morgan fingerprint density at radius 2 is 1.96 bits per heavy atom. The van der Waals surface area contributed by atoms with Gasteiger partial charge in [-0.1, -0.05) is 0 Å². The van der Waals surface area contributed by atoms with E-state index < -0.39 is 46.8 Å². The lowest BCUT2D eigenvalue weighted by Crippen LogP contribution is -2.50. The summed E-state index contributed by atoms with van der Waals surface area (Å²) in [4.78, 5) is 53.1. The summed E-state index contributed by atoms with van der Waals surface area (Å²) in [7, 11) is 1.12. The SMILES string of the molecule is COC(=O)C1(C)CCC(=O)C(C(=O)c2ccc(C(F)F)nc2C)C1=O. The lowest BCUT2D eigenvalue weighted by atomic mass is 9.67. The number of carbonyl (C=O) groups is 4. The van der Waals surface area contributed by atoms with Gasteiger partial charge in [0.05, 0.1) is 7.11 Å². The summed E-state index contributed by atoms with van der Waals surface area (Å²) in [5, 5.41) is 0. The maximum absolute atomic E-state index is 12.7. The third-order valence-corrected chi connectivity index (χ3v) is 4.49. The number of halogens is 2. The molecule has 0 spiro atoms. The van der Waals surface area contributed by atoms with E-state index in [1.165, 1.54) is 13.8 Å². The molecule has 6 nitrogen and oxygen atoms in total. The second-order valence-electron chi connectivity index (χ2n) is 6.12. The Hall–Kier alpha value is -2.51. The van der Waals surface area contributed by atoms with Gasteiger partial charge in [0.1, 0.15) is 17.0 Å². The van der Waals surface area contributed by atoms with Crippen LogP contribution >= 0.6 is 0 Å². The van der Waals surface area contributed by atoms with Gasteiger partial charge >= 0.3 is 5.97 Å². The molecule has 8 heteroatoms. The number of hydrogen-bond donors (Lipinski definition) is 0. The Balaban J connectivity index is 2.42. The van der Waals surface area contributed by atoms with E-state index in [2.05, 4.69) is 9.72 Å². The van der Waals surface area contributed by atoms with Crippen LogP contribution in [0.3, 0.4) is 0 Å². The quantitative estimate of drug-likeness (QED) is 0.468. The number of rotatable bonds is 4. The first-order valence-corrected chi connectivity index (χ1v) is 7.59. The van der Waals surface area contributed by atoms with Gasteiger partial charge in [-0.3, -0.25) is 24.2 Å². The summed E-state index contributed by atoms with van der Waals surface area (Å²) in [5.41, 5.74) is -2.19.